The summed E-state index contributed by atoms with van der Waals surface area (Å²) < 4.78 is 5.67. The third-order valence-corrected chi connectivity index (χ3v) is 4.63. The van der Waals surface area contributed by atoms with Gasteiger partial charge in [0, 0.05) is 25.0 Å². The first kappa shape index (κ1) is 18.5. The molecule has 1 atom stereocenters. The van der Waals surface area contributed by atoms with E-state index in [1.54, 1.807) is 31.6 Å². The quantitative estimate of drug-likeness (QED) is 0.736. The summed E-state index contributed by atoms with van der Waals surface area (Å²) >= 11 is 0. The zero-order chi connectivity index (χ0) is 20.4. The fraction of sp³-hybridized carbons (Fsp3) is 0.190. The van der Waals surface area contributed by atoms with Gasteiger partial charge in [0.25, 0.3) is 11.8 Å². The Labute approximate surface area is 167 Å². The first-order valence-electron chi connectivity index (χ1n) is 9.10. The Morgan fingerprint density at radius 2 is 1.97 bits per heavy atom. The van der Waals surface area contributed by atoms with Crippen LogP contribution in [-0.4, -0.2) is 46.5 Å². The van der Waals surface area contributed by atoms with Crippen molar-refractivity contribution in [3.63, 3.8) is 0 Å². The first-order chi connectivity index (χ1) is 14.0. The molecule has 3 heterocycles. The molecule has 146 valence electrons. The van der Waals surface area contributed by atoms with Gasteiger partial charge in [-0.15, -0.1) is 0 Å². The number of ether oxygens (including phenoxy) is 1. The average Bonchev–Trinajstić information content (AvgIpc) is 2.87. The minimum absolute atomic E-state index is 0.00892. The minimum Gasteiger partial charge on any atom is -0.487 e. The number of aromatic nitrogens is 3. The summed E-state index contributed by atoms with van der Waals surface area (Å²) in [7, 11) is 1.60. The fourth-order valence-corrected chi connectivity index (χ4v) is 3.10. The molecule has 0 aliphatic carbocycles. The molecule has 0 radical (unpaired) electrons. The third-order valence-electron chi connectivity index (χ3n) is 4.63. The summed E-state index contributed by atoms with van der Waals surface area (Å²) in [5, 5.41) is 2.68. The summed E-state index contributed by atoms with van der Waals surface area (Å²) in [5.41, 5.74) is 2.40. The lowest BCUT2D eigenvalue weighted by molar-refractivity contribution is -0.120. The van der Waals surface area contributed by atoms with Gasteiger partial charge in [0.15, 0.2) is 11.6 Å². The first-order valence-corrected chi connectivity index (χ1v) is 9.10. The topological polar surface area (TPSA) is 97.3 Å². The van der Waals surface area contributed by atoms with Crippen molar-refractivity contribution >= 4 is 17.6 Å². The van der Waals surface area contributed by atoms with Gasteiger partial charge in [-0.3, -0.25) is 14.5 Å². The van der Waals surface area contributed by atoms with Crippen LogP contribution in [0.2, 0.25) is 0 Å². The Balaban J connectivity index is 1.56. The number of nitrogens with zero attached hydrogens (tertiary/aromatic N) is 4. The van der Waals surface area contributed by atoms with E-state index in [9.17, 15) is 9.59 Å². The highest BCUT2D eigenvalue weighted by atomic mass is 16.5. The number of benzene rings is 1. The van der Waals surface area contributed by atoms with E-state index in [-0.39, 0.29) is 18.3 Å². The Bertz CT molecular complexity index is 1070. The molecule has 29 heavy (non-hydrogen) atoms. The van der Waals surface area contributed by atoms with Crippen LogP contribution in [0, 0.1) is 6.92 Å². The van der Waals surface area contributed by atoms with Gasteiger partial charge in [-0.25, -0.2) is 15.0 Å². The summed E-state index contributed by atoms with van der Waals surface area (Å²) in [6.45, 7) is 1.87. The van der Waals surface area contributed by atoms with Crippen molar-refractivity contribution in [1.82, 2.24) is 20.3 Å². The number of nitrogens with one attached hydrogen (secondary N) is 1. The number of rotatable bonds is 3. The number of likely N-dealkylation sites (N-methyl/N-ethyl adjacent to an activating group) is 1. The van der Waals surface area contributed by atoms with Crippen molar-refractivity contribution in [3.05, 3.63) is 66.2 Å². The molecule has 0 spiro atoms. The Morgan fingerprint density at radius 3 is 2.76 bits per heavy atom. The molecule has 2 amide bonds. The molecule has 0 bridgehead atoms. The van der Waals surface area contributed by atoms with Gasteiger partial charge in [0.2, 0.25) is 5.82 Å². The number of carbonyl (C=O) groups excluding carboxylic acids is 2. The predicted octanol–water partition coefficient (Wildman–Crippen LogP) is 2.00. The van der Waals surface area contributed by atoms with Crippen molar-refractivity contribution in [3.8, 4) is 17.0 Å². The Morgan fingerprint density at radius 1 is 1.17 bits per heavy atom. The van der Waals surface area contributed by atoms with Crippen molar-refractivity contribution in [2.24, 2.45) is 0 Å². The highest BCUT2D eigenvalue weighted by Crippen LogP contribution is 2.27. The van der Waals surface area contributed by atoms with E-state index in [2.05, 4.69) is 20.3 Å². The van der Waals surface area contributed by atoms with Gasteiger partial charge in [0.1, 0.15) is 12.6 Å². The molecule has 1 N–H and O–H groups in total. The highest BCUT2D eigenvalue weighted by molar-refractivity contribution is 6.01. The maximum absolute atomic E-state index is 12.8. The number of aryl methyl sites for hydroxylation is 1. The smallest absolute Gasteiger partial charge is 0.289 e. The van der Waals surface area contributed by atoms with E-state index in [1.807, 2.05) is 37.3 Å². The van der Waals surface area contributed by atoms with Crippen LogP contribution in [0.15, 0.2) is 54.9 Å². The van der Waals surface area contributed by atoms with Gasteiger partial charge in [-0.05, 0) is 24.6 Å². The van der Waals surface area contributed by atoms with Crippen LogP contribution < -0.4 is 15.0 Å². The molecular weight excluding hydrogens is 370 g/mol. The molecule has 4 rings (SSSR count). The van der Waals surface area contributed by atoms with E-state index < -0.39 is 11.9 Å². The van der Waals surface area contributed by atoms with Crippen LogP contribution in [0.25, 0.3) is 11.3 Å². The maximum atomic E-state index is 12.8. The lowest BCUT2D eigenvalue weighted by Crippen LogP contribution is -2.49. The summed E-state index contributed by atoms with van der Waals surface area (Å²) in [4.78, 5) is 39.6. The zero-order valence-electron chi connectivity index (χ0n) is 16.0. The molecule has 3 aromatic rings. The van der Waals surface area contributed by atoms with E-state index in [4.69, 9.17) is 4.74 Å². The van der Waals surface area contributed by atoms with E-state index in [1.165, 1.54) is 4.90 Å². The Kier molecular flexibility index (Phi) is 4.90. The normalized spacial score (nSPS) is 15.9. The van der Waals surface area contributed by atoms with Gasteiger partial charge < -0.3 is 10.1 Å². The number of hydrogen-bond donors (Lipinski definition) is 1. The van der Waals surface area contributed by atoms with Crippen LogP contribution in [-0.2, 0) is 4.79 Å². The molecule has 0 unspecified atom stereocenters. The molecular formula is C21H19N5O3. The average molecular weight is 389 g/mol. The van der Waals surface area contributed by atoms with Gasteiger partial charge in [-0.1, -0.05) is 30.3 Å². The van der Waals surface area contributed by atoms with Gasteiger partial charge in [-0.2, -0.15) is 0 Å². The number of pyridine rings is 1. The van der Waals surface area contributed by atoms with Crippen LogP contribution in [0.4, 0.5) is 5.82 Å². The summed E-state index contributed by atoms with van der Waals surface area (Å²) in [6, 6.07) is 12.1. The monoisotopic (exact) mass is 389 g/mol. The molecule has 0 fully saturated rings. The molecule has 1 aromatic carbocycles. The fourth-order valence-electron chi connectivity index (χ4n) is 3.10. The van der Waals surface area contributed by atoms with Gasteiger partial charge >= 0.3 is 0 Å². The zero-order valence-corrected chi connectivity index (χ0v) is 16.0. The second kappa shape index (κ2) is 7.67. The van der Waals surface area contributed by atoms with Crippen molar-refractivity contribution in [2.45, 2.75) is 13.0 Å². The SMILES string of the molecule is Cc1cnc(C(=O)N[C@H]2COc3cccnc3N(C)C2=O)nc1-c1ccccc1. The molecule has 1 aliphatic heterocycles. The molecule has 1 aliphatic rings. The molecule has 8 heteroatoms. The molecule has 0 saturated carbocycles. The van der Waals surface area contributed by atoms with Crippen LogP contribution >= 0.6 is 0 Å². The van der Waals surface area contributed by atoms with Crippen molar-refractivity contribution < 1.29 is 14.3 Å². The molecule has 0 saturated heterocycles. The van der Waals surface area contributed by atoms with Crippen molar-refractivity contribution in [1.29, 1.82) is 0 Å². The van der Waals surface area contributed by atoms with E-state index >= 15 is 0 Å². The highest BCUT2D eigenvalue weighted by Gasteiger charge is 2.32. The largest absolute Gasteiger partial charge is 0.487 e. The van der Waals surface area contributed by atoms with Crippen molar-refractivity contribution in [2.75, 3.05) is 18.6 Å². The third kappa shape index (κ3) is 3.64. The standard InChI is InChI=1S/C21H19N5O3/c1-13-11-23-18(25-17(13)14-7-4-3-5-8-14)20(27)24-15-12-29-16-9-6-10-22-19(16)26(2)21(15)28/h3-11,15H,12H2,1-2H3,(H,24,27)/t15-/m0/s1. The van der Waals surface area contributed by atoms with E-state index in [0.717, 1.165) is 11.1 Å². The van der Waals surface area contributed by atoms with E-state index in [0.29, 0.717) is 17.3 Å². The number of anilines is 1. The maximum Gasteiger partial charge on any atom is 0.289 e. The van der Waals surface area contributed by atoms with Gasteiger partial charge in [0.05, 0.1) is 5.69 Å². The lowest BCUT2D eigenvalue weighted by atomic mass is 10.1. The number of amides is 2. The molecule has 8 nitrogen and oxygen atoms in total. The number of hydrogen-bond acceptors (Lipinski definition) is 6. The lowest BCUT2D eigenvalue weighted by Gasteiger charge is -2.19. The Hall–Kier alpha value is -3.81. The summed E-state index contributed by atoms with van der Waals surface area (Å²) in [5.74, 6) is 0.0117. The number of carbonyl (C=O) groups is 2. The second-order valence-electron chi connectivity index (χ2n) is 6.65. The number of fused-ring (bicyclic) bond motifs is 1. The van der Waals surface area contributed by atoms with Crippen LogP contribution in [0.3, 0.4) is 0 Å². The molecule has 2 aromatic heterocycles. The second-order valence-corrected chi connectivity index (χ2v) is 6.65. The predicted molar refractivity (Wildman–Crippen MR) is 107 cm³/mol. The van der Waals surface area contributed by atoms with Crippen LogP contribution in [0.5, 0.6) is 5.75 Å². The van der Waals surface area contributed by atoms with Crippen LogP contribution in [0.1, 0.15) is 16.2 Å². The summed E-state index contributed by atoms with van der Waals surface area (Å²) in [6.07, 6.45) is 3.18. The minimum atomic E-state index is -0.883.